The SMILES string of the molecule is COc1ccc(N2C(=O)C(=O)/C(=C(/O)c3ccccc3)C2c2ccc(N(C)C)cc2)cc1. The van der Waals surface area contributed by atoms with Crippen molar-refractivity contribution in [1.82, 2.24) is 0 Å². The van der Waals surface area contributed by atoms with E-state index in [4.69, 9.17) is 4.74 Å². The van der Waals surface area contributed by atoms with Gasteiger partial charge in [0.15, 0.2) is 0 Å². The van der Waals surface area contributed by atoms with E-state index < -0.39 is 17.7 Å². The molecule has 1 unspecified atom stereocenters. The molecule has 0 radical (unpaired) electrons. The van der Waals surface area contributed by atoms with Gasteiger partial charge in [0.05, 0.1) is 18.7 Å². The second-order valence-electron chi connectivity index (χ2n) is 7.72. The Morgan fingerprint density at radius 1 is 0.906 bits per heavy atom. The van der Waals surface area contributed by atoms with Crippen LogP contribution in [0.1, 0.15) is 17.2 Å². The van der Waals surface area contributed by atoms with Crippen molar-refractivity contribution in [2.45, 2.75) is 6.04 Å². The second kappa shape index (κ2) is 8.59. The van der Waals surface area contributed by atoms with E-state index in [1.165, 1.54) is 4.90 Å². The Kier molecular flexibility index (Phi) is 5.69. The number of hydrogen-bond donors (Lipinski definition) is 1. The van der Waals surface area contributed by atoms with Crippen molar-refractivity contribution in [1.29, 1.82) is 0 Å². The third kappa shape index (κ3) is 3.71. The molecule has 162 valence electrons. The van der Waals surface area contributed by atoms with Crippen LogP contribution in [0.15, 0.2) is 84.4 Å². The van der Waals surface area contributed by atoms with E-state index in [9.17, 15) is 14.7 Å². The molecular weight excluding hydrogens is 404 g/mol. The minimum atomic E-state index is -0.764. The third-order valence-electron chi connectivity index (χ3n) is 5.57. The summed E-state index contributed by atoms with van der Waals surface area (Å²) in [7, 11) is 5.44. The van der Waals surface area contributed by atoms with Crippen LogP contribution in [-0.4, -0.2) is 38.0 Å². The van der Waals surface area contributed by atoms with Crippen LogP contribution in [0.5, 0.6) is 5.75 Å². The molecule has 1 aliphatic rings. The van der Waals surface area contributed by atoms with Gasteiger partial charge in [-0.3, -0.25) is 14.5 Å². The summed E-state index contributed by atoms with van der Waals surface area (Å²) < 4.78 is 5.22. The van der Waals surface area contributed by atoms with Crippen molar-refractivity contribution < 1.29 is 19.4 Å². The minimum absolute atomic E-state index is 0.0645. The van der Waals surface area contributed by atoms with Crippen molar-refractivity contribution in [3.63, 3.8) is 0 Å². The fourth-order valence-corrected chi connectivity index (χ4v) is 3.86. The van der Waals surface area contributed by atoms with Crippen molar-refractivity contribution in [3.05, 3.63) is 95.6 Å². The van der Waals surface area contributed by atoms with Gasteiger partial charge in [0, 0.05) is 31.0 Å². The number of nitrogens with zero attached hydrogens (tertiary/aromatic N) is 2. The number of amides is 1. The maximum atomic E-state index is 13.2. The third-order valence-corrected chi connectivity index (χ3v) is 5.57. The van der Waals surface area contributed by atoms with Crippen LogP contribution in [0.2, 0.25) is 0 Å². The number of ketones is 1. The first-order chi connectivity index (χ1) is 15.4. The predicted molar refractivity (Wildman–Crippen MR) is 125 cm³/mol. The van der Waals surface area contributed by atoms with E-state index in [2.05, 4.69) is 0 Å². The Balaban J connectivity index is 1.90. The summed E-state index contributed by atoms with van der Waals surface area (Å²) in [5.41, 5.74) is 2.80. The lowest BCUT2D eigenvalue weighted by molar-refractivity contribution is -0.132. The number of carbonyl (C=O) groups is 2. The Morgan fingerprint density at radius 3 is 2.09 bits per heavy atom. The Hall–Kier alpha value is -4.06. The van der Waals surface area contributed by atoms with E-state index in [1.807, 2.05) is 49.3 Å². The van der Waals surface area contributed by atoms with Crippen LogP contribution in [-0.2, 0) is 9.59 Å². The first-order valence-corrected chi connectivity index (χ1v) is 10.2. The van der Waals surface area contributed by atoms with E-state index in [-0.39, 0.29) is 11.3 Å². The number of carbonyl (C=O) groups excluding carboxylic acids is 2. The van der Waals surface area contributed by atoms with E-state index in [0.29, 0.717) is 17.0 Å². The summed E-state index contributed by atoms with van der Waals surface area (Å²) >= 11 is 0. The van der Waals surface area contributed by atoms with Crippen LogP contribution in [0.4, 0.5) is 11.4 Å². The van der Waals surface area contributed by atoms with Crippen molar-refractivity contribution in [3.8, 4) is 5.75 Å². The Morgan fingerprint density at radius 2 is 1.53 bits per heavy atom. The fourth-order valence-electron chi connectivity index (χ4n) is 3.86. The number of methoxy groups -OCH3 is 1. The molecule has 0 bridgehead atoms. The van der Waals surface area contributed by atoms with E-state index >= 15 is 0 Å². The quantitative estimate of drug-likeness (QED) is 0.371. The summed E-state index contributed by atoms with van der Waals surface area (Å²) in [5, 5.41) is 11.1. The molecule has 1 heterocycles. The first kappa shape index (κ1) is 21.2. The van der Waals surface area contributed by atoms with Crippen LogP contribution < -0.4 is 14.5 Å². The molecule has 1 saturated heterocycles. The van der Waals surface area contributed by atoms with Crippen molar-refractivity contribution >= 4 is 28.8 Å². The molecule has 3 aromatic rings. The molecule has 32 heavy (non-hydrogen) atoms. The highest BCUT2D eigenvalue weighted by Gasteiger charge is 2.46. The highest BCUT2D eigenvalue weighted by Crippen LogP contribution is 2.42. The number of rotatable bonds is 5. The number of benzene rings is 3. The fraction of sp³-hybridized carbons (Fsp3) is 0.154. The first-order valence-electron chi connectivity index (χ1n) is 10.2. The molecule has 0 aliphatic carbocycles. The number of ether oxygens (including phenoxy) is 1. The van der Waals surface area contributed by atoms with E-state index in [0.717, 1.165) is 11.3 Å². The molecule has 1 N–H and O–H groups in total. The number of aliphatic hydroxyl groups excluding tert-OH is 1. The smallest absolute Gasteiger partial charge is 0.300 e. The molecule has 1 atom stereocenters. The molecule has 3 aromatic carbocycles. The molecule has 1 amide bonds. The molecule has 0 saturated carbocycles. The van der Waals surface area contributed by atoms with Crippen molar-refractivity contribution in [2.24, 2.45) is 0 Å². The Bertz CT molecular complexity index is 1170. The molecule has 0 aromatic heterocycles. The summed E-state index contributed by atoms with van der Waals surface area (Å²) in [4.78, 5) is 29.7. The standard InChI is InChI=1S/C26H24N2O4/c1-27(2)19-11-9-17(10-12-19)23-22(24(29)18-7-5-4-6-8-18)25(30)26(31)28(23)20-13-15-21(32-3)16-14-20/h4-16,23,29H,1-3H3/b24-22+. The highest BCUT2D eigenvalue weighted by atomic mass is 16.5. The van der Waals surface area contributed by atoms with Gasteiger partial charge < -0.3 is 14.7 Å². The van der Waals surface area contributed by atoms with Gasteiger partial charge in [0.25, 0.3) is 11.7 Å². The summed E-state index contributed by atoms with van der Waals surface area (Å²) in [6.07, 6.45) is 0. The van der Waals surface area contributed by atoms with Gasteiger partial charge in [-0.1, -0.05) is 42.5 Å². The molecule has 6 heteroatoms. The summed E-state index contributed by atoms with van der Waals surface area (Å²) in [6, 6.07) is 22.6. The Labute approximate surface area is 187 Å². The maximum absolute atomic E-state index is 13.2. The average Bonchev–Trinajstić information content (AvgIpc) is 3.09. The molecule has 4 rings (SSSR count). The lowest BCUT2D eigenvalue weighted by Gasteiger charge is -2.26. The monoisotopic (exact) mass is 428 g/mol. The maximum Gasteiger partial charge on any atom is 0.300 e. The number of aliphatic hydroxyl groups is 1. The summed E-state index contributed by atoms with van der Waals surface area (Å²) in [6.45, 7) is 0. The molecular formula is C26H24N2O4. The van der Waals surface area contributed by atoms with Gasteiger partial charge >= 0.3 is 0 Å². The zero-order valence-electron chi connectivity index (χ0n) is 18.1. The largest absolute Gasteiger partial charge is 0.507 e. The van der Waals surface area contributed by atoms with Gasteiger partial charge in [-0.25, -0.2) is 0 Å². The van der Waals surface area contributed by atoms with Gasteiger partial charge in [-0.05, 0) is 42.0 Å². The predicted octanol–water partition coefficient (Wildman–Crippen LogP) is 4.39. The second-order valence-corrected chi connectivity index (χ2v) is 7.72. The normalized spacial score (nSPS) is 17.5. The summed E-state index contributed by atoms with van der Waals surface area (Å²) in [5.74, 6) is -0.957. The molecule has 1 aliphatic heterocycles. The molecule has 0 spiro atoms. The lowest BCUT2D eigenvalue weighted by atomic mass is 9.95. The van der Waals surface area contributed by atoms with E-state index in [1.54, 1.807) is 55.6 Å². The van der Waals surface area contributed by atoms with Crippen LogP contribution in [0.25, 0.3) is 5.76 Å². The zero-order valence-corrected chi connectivity index (χ0v) is 18.1. The van der Waals surface area contributed by atoms with Crippen LogP contribution in [0.3, 0.4) is 0 Å². The van der Waals surface area contributed by atoms with Gasteiger partial charge in [-0.2, -0.15) is 0 Å². The number of hydrogen-bond acceptors (Lipinski definition) is 5. The molecule has 6 nitrogen and oxygen atoms in total. The number of Topliss-reactive ketones (excluding diaryl/α,β-unsaturated/α-hetero) is 1. The van der Waals surface area contributed by atoms with Crippen LogP contribution in [0, 0.1) is 0 Å². The van der Waals surface area contributed by atoms with Gasteiger partial charge in [0.2, 0.25) is 0 Å². The highest BCUT2D eigenvalue weighted by molar-refractivity contribution is 6.51. The topological polar surface area (TPSA) is 70.1 Å². The van der Waals surface area contributed by atoms with Crippen molar-refractivity contribution in [2.75, 3.05) is 31.0 Å². The molecule has 1 fully saturated rings. The number of anilines is 2. The zero-order chi connectivity index (χ0) is 22.8. The lowest BCUT2D eigenvalue weighted by Crippen LogP contribution is -2.29. The van der Waals surface area contributed by atoms with Crippen LogP contribution >= 0.6 is 0 Å². The van der Waals surface area contributed by atoms with Gasteiger partial charge in [-0.15, -0.1) is 0 Å². The van der Waals surface area contributed by atoms with Gasteiger partial charge in [0.1, 0.15) is 11.5 Å². The minimum Gasteiger partial charge on any atom is -0.507 e. The average molecular weight is 428 g/mol.